The van der Waals surface area contributed by atoms with Gasteiger partial charge in [-0.3, -0.25) is 4.99 Å². The molecule has 3 rings (SSSR count). The zero-order valence-electron chi connectivity index (χ0n) is 15.3. The molecule has 0 N–H and O–H groups in total. The molecule has 1 nitrogen and oxygen atoms in total. The van der Waals surface area contributed by atoms with E-state index >= 15 is 0 Å². The van der Waals surface area contributed by atoms with E-state index in [0.29, 0.717) is 5.92 Å². The van der Waals surface area contributed by atoms with Crippen molar-refractivity contribution in [3.63, 3.8) is 0 Å². The maximum absolute atomic E-state index is 4.78. The second-order valence-electron chi connectivity index (χ2n) is 6.85. The SMILES string of the molecule is CCC1C/C=C\C=C/CN=C(/C=C/c2ccc3cc(C)ccc3c2)C1. The fourth-order valence-corrected chi connectivity index (χ4v) is 3.21. The fourth-order valence-electron chi connectivity index (χ4n) is 3.21. The number of aryl methyl sites for hydroxylation is 1. The van der Waals surface area contributed by atoms with Crippen LogP contribution in [0.2, 0.25) is 0 Å². The minimum absolute atomic E-state index is 0.672. The summed E-state index contributed by atoms with van der Waals surface area (Å²) in [5.41, 5.74) is 3.75. The molecule has 2 aromatic carbocycles. The lowest BCUT2D eigenvalue weighted by atomic mass is 9.94. The van der Waals surface area contributed by atoms with E-state index in [9.17, 15) is 0 Å². The largest absolute Gasteiger partial charge is 0.286 e. The first-order valence-electron chi connectivity index (χ1n) is 9.28. The predicted octanol–water partition coefficient (Wildman–Crippen LogP) is 6.53. The van der Waals surface area contributed by atoms with Crippen LogP contribution >= 0.6 is 0 Å². The van der Waals surface area contributed by atoms with Gasteiger partial charge >= 0.3 is 0 Å². The highest BCUT2D eigenvalue weighted by atomic mass is 14.7. The zero-order valence-corrected chi connectivity index (χ0v) is 15.3. The van der Waals surface area contributed by atoms with Crippen LogP contribution in [0, 0.1) is 12.8 Å². The second-order valence-corrected chi connectivity index (χ2v) is 6.85. The lowest BCUT2D eigenvalue weighted by Crippen LogP contribution is -2.06. The van der Waals surface area contributed by atoms with Gasteiger partial charge in [-0.25, -0.2) is 0 Å². The third-order valence-corrected chi connectivity index (χ3v) is 4.82. The molecule has 1 unspecified atom stereocenters. The summed E-state index contributed by atoms with van der Waals surface area (Å²) in [5.74, 6) is 0.672. The number of hydrogen-bond acceptors (Lipinski definition) is 1. The molecule has 0 amide bonds. The smallest absolute Gasteiger partial charge is 0.0576 e. The molecule has 1 aliphatic rings. The molecule has 0 spiro atoms. The first-order valence-corrected chi connectivity index (χ1v) is 9.28. The van der Waals surface area contributed by atoms with Crippen molar-refractivity contribution in [1.29, 1.82) is 0 Å². The van der Waals surface area contributed by atoms with Crippen LogP contribution in [0.1, 0.15) is 37.3 Å². The van der Waals surface area contributed by atoms with Crippen LogP contribution < -0.4 is 0 Å². The summed E-state index contributed by atoms with van der Waals surface area (Å²) in [7, 11) is 0. The van der Waals surface area contributed by atoms with Crippen molar-refractivity contribution >= 4 is 22.6 Å². The van der Waals surface area contributed by atoms with E-state index in [0.717, 1.165) is 19.4 Å². The molecule has 25 heavy (non-hydrogen) atoms. The van der Waals surface area contributed by atoms with Gasteiger partial charge in [0.2, 0.25) is 0 Å². The predicted molar refractivity (Wildman–Crippen MR) is 111 cm³/mol. The van der Waals surface area contributed by atoms with Gasteiger partial charge in [0.05, 0.1) is 6.54 Å². The van der Waals surface area contributed by atoms with Crippen LogP contribution in [0.3, 0.4) is 0 Å². The number of benzene rings is 2. The summed E-state index contributed by atoms with van der Waals surface area (Å²) in [6, 6.07) is 13.3. The Labute approximate surface area is 151 Å². The van der Waals surface area contributed by atoms with E-state index in [1.54, 1.807) is 0 Å². The first kappa shape index (κ1) is 17.4. The quantitative estimate of drug-likeness (QED) is 0.606. The van der Waals surface area contributed by atoms with Gasteiger partial charge in [0, 0.05) is 5.71 Å². The van der Waals surface area contributed by atoms with E-state index in [1.807, 2.05) is 0 Å². The minimum atomic E-state index is 0.672. The molecule has 0 saturated carbocycles. The highest BCUT2D eigenvalue weighted by Gasteiger charge is 2.08. The molecular formula is C24H27N. The van der Waals surface area contributed by atoms with Crippen molar-refractivity contribution in [1.82, 2.24) is 0 Å². The van der Waals surface area contributed by atoms with Crippen molar-refractivity contribution in [2.75, 3.05) is 6.54 Å². The standard InChI is InChI=1S/C24H27N/c1-3-20-8-6-4-5-7-15-25-24(18-20)14-11-21-10-13-22-16-19(2)9-12-23(22)17-21/h4-7,9-14,16-17,20H,3,8,15,18H2,1-2H3/b6-4-,7-5-,14-11+,25-24?. The van der Waals surface area contributed by atoms with Crippen LogP contribution in [0.4, 0.5) is 0 Å². The molecule has 1 heteroatoms. The highest BCUT2D eigenvalue weighted by Crippen LogP contribution is 2.20. The Hall–Kier alpha value is -2.41. The number of nitrogens with zero attached hydrogens (tertiary/aromatic N) is 1. The van der Waals surface area contributed by atoms with Crippen molar-refractivity contribution in [2.45, 2.75) is 33.1 Å². The minimum Gasteiger partial charge on any atom is -0.286 e. The third-order valence-electron chi connectivity index (χ3n) is 4.82. The van der Waals surface area contributed by atoms with Crippen molar-refractivity contribution < 1.29 is 0 Å². The summed E-state index contributed by atoms with van der Waals surface area (Å²) < 4.78 is 0. The number of aliphatic imine (C=N–C) groups is 1. The van der Waals surface area contributed by atoms with Gasteiger partial charge in [-0.15, -0.1) is 0 Å². The molecule has 0 aromatic heterocycles. The van der Waals surface area contributed by atoms with E-state index in [2.05, 4.69) is 86.7 Å². The van der Waals surface area contributed by atoms with Gasteiger partial charge in [-0.1, -0.05) is 79.6 Å². The van der Waals surface area contributed by atoms with Gasteiger partial charge in [0.25, 0.3) is 0 Å². The Kier molecular flexibility index (Phi) is 6.00. The second kappa shape index (κ2) is 8.62. The maximum atomic E-state index is 4.78. The average Bonchev–Trinajstić information content (AvgIpc) is 2.64. The Bertz CT molecular complexity index is 836. The maximum Gasteiger partial charge on any atom is 0.0576 e. The number of hydrogen-bond donors (Lipinski definition) is 0. The lowest BCUT2D eigenvalue weighted by molar-refractivity contribution is 0.537. The molecular weight excluding hydrogens is 302 g/mol. The normalized spacial score (nSPS) is 21.2. The van der Waals surface area contributed by atoms with Gasteiger partial charge in [0.1, 0.15) is 0 Å². The van der Waals surface area contributed by atoms with Gasteiger partial charge in [-0.05, 0) is 54.2 Å². The Morgan fingerprint density at radius 1 is 1.00 bits per heavy atom. The lowest BCUT2D eigenvalue weighted by Gasteiger charge is -2.13. The van der Waals surface area contributed by atoms with E-state index in [4.69, 9.17) is 4.99 Å². The van der Waals surface area contributed by atoms with Gasteiger partial charge < -0.3 is 0 Å². The van der Waals surface area contributed by atoms with Crippen molar-refractivity contribution in [2.24, 2.45) is 10.9 Å². The van der Waals surface area contributed by atoms with Crippen LogP contribution in [-0.4, -0.2) is 12.3 Å². The molecule has 1 atom stereocenters. The highest BCUT2D eigenvalue weighted by molar-refractivity contribution is 5.99. The molecule has 0 bridgehead atoms. The van der Waals surface area contributed by atoms with E-state index in [-0.39, 0.29) is 0 Å². The first-order chi connectivity index (χ1) is 12.2. The molecule has 0 aliphatic carbocycles. The van der Waals surface area contributed by atoms with E-state index in [1.165, 1.54) is 34.0 Å². The van der Waals surface area contributed by atoms with Gasteiger partial charge in [-0.2, -0.15) is 0 Å². The molecule has 0 saturated heterocycles. The Morgan fingerprint density at radius 2 is 1.80 bits per heavy atom. The molecule has 1 heterocycles. The topological polar surface area (TPSA) is 12.4 Å². The fraction of sp³-hybridized carbons (Fsp3) is 0.292. The van der Waals surface area contributed by atoms with Crippen molar-refractivity contribution in [3.05, 3.63) is 77.9 Å². The number of rotatable bonds is 3. The number of fused-ring (bicyclic) bond motifs is 1. The van der Waals surface area contributed by atoms with Gasteiger partial charge in [0.15, 0.2) is 0 Å². The van der Waals surface area contributed by atoms with Crippen LogP contribution in [0.5, 0.6) is 0 Å². The molecule has 128 valence electrons. The Balaban J connectivity index is 1.80. The summed E-state index contributed by atoms with van der Waals surface area (Å²) in [5, 5.41) is 2.59. The monoisotopic (exact) mass is 329 g/mol. The average molecular weight is 329 g/mol. The van der Waals surface area contributed by atoms with Crippen molar-refractivity contribution in [3.8, 4) is 0 Å². The number of allylic oxidation sites excluding steroid dienone is 4. The molecule has 2 aromatic rings. The summed E-state index contributed by atoms with van der Waals surface area (Å²) >= 11 is 0. The Morgan fingerprint density at radius 3 is 2.68 bits per heavy atom. The van der Waals surface area contributed by atoms with Crippen LogP contribution in [0.15, 0.2) is 71.8 Å². The van der Waals surface area contributed by atoms with Crippen LogP contribution in [0.25, 0.3) is 16.8 Å². The molecule has 0 radical (unpaired) electrons. The summed E-state index contributed by atoms with van der Waals surface area (Å²) in [6.07, 6.45) is 16.4. The van der Waals surface area contributed by atoms with Crippen LogP contribution in [-0.2, 0) is 0 Å². The molecule has 0 fully saturated rings. The third kappa shape index (κ3) is 5.03. The summed E-state index contributed by atoms with van der Waals surface area (Å²) in [6.45, 7) is 5.17. The zero-order chi connectivity index (χ0) is 17.5. The molecule has 1 aliphatic heterocycles. The van der Waals surface area contributed by atoms with E-state index < -0.39 is 0 Å². The summed E-state index contributed by atoms with van der Waals surface area (Å²) in [4.78, 5) is 4.78.